The zero-order chi connectivity index (χ0) is 5.98. The predicted molar refractivity (Wildman–Crippen MR) is 35.7 cm³/mol. The molecule has 3 heteroatoms. The third-order valence-electron chi connectivity index (χ3n) is 0.960. The van der Waals surface area contributed by atoms with Crippen LogP contribution in [0.25, 0.3) is 0 Å². The molecule has 0 fully saturated rings. The topological polar surface area (TPSA) is 3.88 Å². The molecular weight excluding hydrogens is 201 g/mol. The van der Waals surface area contributed by atoms with Gasteiger partial charge in [0, 0.05) is 12.1 Å². The molecule has 1 aromatic rings. The number of pyridine rings is 1. The lowest BCUT2D eigenvalue weighted by molar-refractivity contribution is -0.473. The molecule has 1 nitrogen and oxygen atoms in total. The highest BCUT2D eigenvalue weighted by atomic mass is 79.9. The van der Waals surface area contributed by atoms with Crippen LogP contribution < -0.4 is 16.0 Å². The minimum atomic E-state index is 0. The molecule has 0 atom stereocenters. The number of nitrogens with zero attached hydrogens (tertiary/aromatic N) is 1. The lowest BCUT2D eigenvalue weighted by Gasteiger charge is -1.82. The van der Waals surface area contributed by atoms with Crippen molar-refractivity contribution in [2.24, 2.45) is 0 Å². The first-order chi connectivity index (χ1) is 3.79. The molecule has 0 radical (unpaired) electrons. The van der Waals surface area contributed by atoms with Crippen molar-refractivity contribution in [2.75, 3.05) is 0 Å². The third kappa shape index (κ3) is 2.82. The maximum absolute atomic E-state index is 3.26. The zero-order valence-electron chi connectivity index (χ0n) is 5.01. The molecular formula is C6H7BrClN. The highest BCUT2D eigenvalue weighted by Crippen LogP contribution is 1.89. The first-order valence-electron chi connectivity index (χ1n) is 2.43. The Bertz CT molecular complexity index is 152. The molecule has 0 aliphatic rings. The first kappa shape index (κ1) is 8.92. The molecule has 0 unspecified atom stereocenters. The molecule has 9 heavy (non-hydrogen) atoms. The average molecular weight is 208 g/mol. The molecule has 1 heterocycles. The fraction of sp³-hybridized carbons (Fsp3) is 0.167. The van der Waals surface area contributed by atoms with Crippen molar-refractivity contribution in [2.45, 2.75) is 6.92 Å². The summed E-state index contributed by atoms with van der Waals surface area (Å²) in [5.41, 5.74) is 1.28. The molecule has 50 valence electrons. The second kappa shape index (κ2) is 3.85. The van der Waals surface area contributed by atoms with Gasteiger partial charge in [-0.15, -0.1) is 3.59 Å². The monoisotopic (exact) mass is 207 g/mol. The van der Waals surface area contributed by atoms with E-state index in [1.54, 1.807) is 0 Å². The van der Waals surface area contributed by atoms with Crippen LogP contribution in [-0.2, 0) is 0 Å². The van der Waals surface area contributed by atoms with Crippen LogP contribution in [0.2, 0.25) is 0 Å². The summed E-state index contributed by atoms with van der Waals surface area (Å²) in [5.74, 6) is 0. The minimum absolute atomic E-state index is 0. The summed E-state index contributed by atoms with van der Waals surface area (Å²) >= 11 is 3.26. The lowest BCUT2D eigenvalue weighted by Crippen LogP contribution is -3.00. The van der Waals surface area contributed by atoms with Crippen LogP contribution in [0, 0.1) is 6.92 Å². The van der Waals surface area contributed by atoms with Gasteiger partial charge in [0.2, 0.25) is 0 Å². The van der Waals surface area contributed by atoms with Crippen LogP contribution in [0.4, 0.5) is 0 Å². The van der Waals surface area contributed by atoms with Crippen molar-refractivity contribution in [1.29, 1.82) is 0 Å². The first-order valence-corrected chi connectivity index (χ1v) is 3.14. The van der Waals surface area contributed by atoms with E-state index in [9.17, 15) is 0 Å². The average Bonchev–Trinajstić information content (AvgIpc) is 1.77. The van der Waals surface area contributed by atoms with Crippen LogP contribution in [0.1, 0.15) is 5.56 Å². The Morgan fingerprint density at radius 1 is 1.33 bits per heavy atom. The number of rotatable bonds is 0. The van der Waals surface area contributed by atoms with E-state index in [1.807, 2.05) is 28.1 Å². The van der Waals surface area contributed by atoms with Gasteiger partial charge in [0.1, 0.15) is 0 Å². The standard InChI is InChI=1S/C6H7BrN.ClH/c1-6-2-4-8(7)5-3-6;/h2-5H,1H3;1H/q+1;/p-1. The highest BCUT2D eigenvalue weighted by molar-refractivity contribution is 9.04. The summed E-state index contributed by atoms with van der Waals surface area (Å²) in [7, 11) is 0. The molecule has 0 amide bonds. The fourth-order valence-electron chi connectivity index (χ4n) is 0.483. The summed E-state index contributed by atoms with van der Waals surface area (Å²) in [5, 5.41) is 0. The Hall–Kier alpha value is -0.0800. The number of halogens is 2. The zero-order valence-corrected chi connectivity index (χ0v) is 7.35. The van der Waals surface area contributed by atoms with E-state index in [2.05, 4.69) is 23.1 Å². The van der Waals surface area contributed by atoms with E-state index < -0.39 is 0 Å². The summed E-state index contributed by atoms with van der Waals surface area (Å²) in [6, 6.07) is 4.07. The van der Waals surface area contributed by atoms with Gasteiger partial charge in [-0.05, 0) is 12.5 Å². The normalized spacial score (nSPS) is 8.22. The van der Waals surface area contributed by atoms with Crippen molar-refractivity contribution in [3.8, 4) is 0 Å². The van der Waals surface area contributed by atoms with Crippen molar-refractivity contribution < 1.29 is 16.0 Å². The van der Waals surface area contributed by atoms with Gasteiger partial charge >= 0.3 is 16.1 Å². The Kier molecular flexibility index (Phi) is 3.82. The molecule has 0 N–H and O–H groups in total. The molecule has 0 saturated heterocycles. The molecule has 0 aliphatic heterocycles. The van der Waals surface area contributed by atoms with Gasteiger partial charge in [-0.2, -0.15) is 0 Å². The van der Waals surface area contributed by atoms with Gasteiger partial charge in [-0.3, -0.25) is 0 Å². The van der Waals surface area contributed by atoms with Crippen LogP contribution in [0.5, 0.6) is 0 Å². The predicted octanol–water partition coefficient (Wildman–Crippen LogP) is -1.56. The Balaban J connectivity index is 0.000000640. The molecule has 0 aromatic carbocycles. The van der Waals surface area contributed by atoms with Gasteiger partial charge in [0.05, 0.1) is 0 Å². The smallest absolute Gasteiger partial charge is 0.331 e. The maximum atomic E-state index is 3.26. The van der Waals surface area contributed by atoms with E-state index in [1.165, 1.54) is 5.56 Å². The van der Waals surface area contributed by atoms with Crippen molar-refractivity contribution in [3.05, 3.63) is 30.1 Å². The second-order valence-electron chi connectivity index (χ2n) is 1.72. The number of hydrogen-bond donors (Lipinski definition) is 0. The summed E-state index contributed by atoms with van der Waals surface area (Å²) in [6.45, 7) is 2.06. The molecule has 1 rings (SSSR count). The number of aromatic nitrogens is 1. The molecule has 0 aliphatic carbocycles. The van der Waals surface area contributed by atoms with Crippen molar-refractivity contribution >= 4 is 16.1 Å². The second-order valence-corrected chi connectivity index (χ2v) is 2.54. The lowest BCUT2D eigenvalue weighted by atomic mass is 10.3. The molecule has 0 spiro atoms. The Morgan fingerprint density at radius 3 is 2.11 bits per heavy atom. The number of aryl methyl sites for hydroxylation is 1. The summed E-state index contributed by atoms with van der Waals surface area (Å²) < 4.78 is 1.83. The maximum Gasteiger partial charge on any atom is 0.331 e. The summed E-state index contributed by atoms with van der Waals surface area (Å²) in [4.78, 5) is 0. The van der Waals surface area contributed by atoms with Gasteiger partial charge in [0.25, 0.3) is 0 Å². The largest absolute Gasteiger partial charge is 1.00 e. The minimum Gasteiger partial charge on any atom is -1.00 e. The Labute approximate surface area is 69.5 Å². The van der Waals surface area contributed by atoms with Crippen LogP contribution in [0.15, 0.2) is 24.5 Å². The van der Waals surface area contributed by atoms with Gasteiger partial charge < -0.3 is 12.4 Å². The van der Waals surface area contributed by atoms with Crippen LogP contribution in [-0.4, -0.2) is 0 Å². The molecule has 0 bridgehead atoms. The summed E-state index contributed by atoms with van der Waals surface area (Å²) in [6.07, 6.45) is 3.91. The van der Waals surface area contributed by atoms with Crippen molar-refractivity contribution in [1.82, 2.24) is 0 Å². The number of hydrogen-bond acceptors (Lipinski definition) is 0. The highest BCUT2D eigenvalue weighted by Gasteiger charge is 1.89. The van der Waals surface area contributed by atoms with E-state index >= 15 is 0 Å². The van der Waals surface area contributed by atoms with Crippen molar-refractivity contribution in [3.63, 3.8) is 0 Å². The van der Waals surface area contributed by atoms with Crippen LogP contribution >= 0.6 is 16.1 Å². The molecule has 1 aromatic heterocycles. The SMILES string of the molecule is Cc1cc[n+](Br)cc1.[Cl-]. The fourth-order valence-corrected chi connectivity index (χ4v) is 0.719. The van der Waals surface area contributed by atoms with Gasteiger partial charge in [0.15, 0.2) is 12.4 Å². The van der Waals surface area contributed by atoms with E-state index in [4.69, 9.17) is 0 Å². The van der Waals surface area contributed by atoms with Gasteiger partial charge in [-0.25, -0.2) is 0 Å². The third-order valence-corrected chi connectivity index (χ3v) is 1.43. The van der Waals surface area contributed by atoms with E-state index in [0.29, 0.717) is 0 Å². The van der Waals surface area contributed by atoms with E-state index in [-0.39, 0.29) is 12.4 Å². The van der Waals surface area contributed by atoms with Gasteiger partial charge in [-0.1, -0.05) is 0 Å². The molecule has 0 saturated carbocycles. The van der Waals surface area contributed by atoms with Crippen LogP contribution in [0.3, 0.4) is 0 Å². The van der Waals surface area contributed by atoms with E-state index in [0.717, 1.165) is 0 Å². The quantitative estimate of drug-likeness (QED) is 0.486. The Morgan fingerprint density at radius 2 is 1.78 bits per heavy atom.